The van der Waals surface area contributed by atoms with Crippen LogP contribution < -0.4 is 0 Å². The van der Waals surface area contributed by atoms with Crippen molar-refractivity contribution in [1.82, 2.24) is 5.06 Å². The molecule has 120 valence electrons. The van der Waals surface area contributed by atoms with Crippen LogP contribution in [0, 0.1) is 0 Å². The van der Waals surface area contributed by atoms with Crippen LogP contribution in [0.1, 0.15) is 25.3 Å². The standard InChI is InChI=1S/C17H20F3NO/c1-3-12-21(2)22-15-10-7-11-16(13-15,17(18,19)20)14-8-5-4-6-9-14/h4-11H,3,12-13H2,1-2H3. The van der Waals surface area contributed by atoms with Gasteiger partial charge in [-0.25, -0.2) is 0 Å². The van der Waals surface area contributed by atoms with Gasteiger partial charge in [0.1, 0.15) is 11.2 Å². The van der Waals surface area contributed by atoms with Crippen LogP contribution in [0.3, 0.4) is 0 Å². The molecule has 1 aromatic carbocycles. The third-order valence-electron chi connectivity index (χ3n) is 3.72. The van der Waals surface area contributed by atoms with Crippen LogP contribution in [0.4, 0.5) is 13.2 Å². The second kappa shape index (κ2) is 6.57. The van der Waals surface area contributed by atoms with E-state index in [1.807, 2.05) is 6.92 Å². The molecule has 1 atom stereocenters. The fourth-order valence-corrected chi connectivity index (χ4v) is 2.63. The zero-order valence-corrected chi connectivity index (χ0v) is 12.7. The third-order valence-corrected chi connectivity index (χ3v) is 3.72. The van der Waals surface area contributed by atoms with Crippen molar-refractivity contribution >= 4 is 0 Å². The molecule has 1 aliphatic carbocycles. The molecular formula is C17H20F3NO. The molecule has 0 aliphatic heterocycles. The van der Waals surface area contributed by atoms with E-state index in [9.17, 15) is 13.2 Å². The molecule has 0 heterocycles. The molecule has 5 heteroatoms. The summed E-state index contributed by atoms with van der Waals surface area (Å²) in [6.07, 6.45) is 0.484. The molecule has 0 radical (unpaired) electrons. The Bertz CT molecular complexity index is 551. The monoisotopic (exact) mass is 311 g/mol. The highest BCUT2D eigenvalue weighted by atomic mass is 19.4. The van der Waals surface area contributed by atoms with Gasteiger partial charge in [0.05, 0.1) is 0 Å². The summed E-state index contributed by atoms with van der Waals surface area (Å²) in [5.41, 5.74) is -1.81. The number of rotatable bonds is 5. The van der Waals surface area contributed by atoms with E-state index in [4.69, 9.17) is 4.84 Å². The predicted octanol–water partition coefficient (Wildman–Crippen LogP) is 4.60. The van der Waals surface area contributed by atoms with Crippen LogP contribution in [-0.2, 0) is 10.3 Å². The SMILES string of the molecule is CCCN(C)OC1=CC=CC(c2ccccc2)(C(F)(F)F)C1. The first kappa shape index (κ1) is 16.6. The van der Waals surface area contributed by atoms with E-state index in [0.29, 0.717) is 12.3 Å². The fraction of sp³-hybridized carbons (Fsp3) is 0.412. The van der Waals surface area contributed by atoms with E-state index in [1.165, 1.54) is 24.3 Å². The van der Waals surface area contributed by atoms with Crippen LogP contribution in [0.25, 0.3) is 0 Å². The van der Waals surface area contributed by atoms with Gasteiger partial charge in [0.2, 0.25) is 0 Å². The van der Waals surface area contributed by atoms with Crippen LogP contribution in [0.2, 0.25) is 0 Å². The lowest BCUT2D eigenvalue weighted by Crippen LogP contribution is -2.42. The van der Waals surface area contributed by atoms with Crippen molar-refractivity contribution in [2.45, 2.75) is 31.4 Å². The second-order valence-corrected chi connectivity index (χ2v) is 5.45. The molecule has 0 saturated carbocycles. The number of benzene rings is 1. The van der Waals surface area contributed by atoms with Gasteiger partial charge in [-0.05, 0) is 18.1 Å². The van der Waals surface area contributed by atoms with Crippen LogP contribution in [0.15, 0.2) is 54.3 Å². The summed E-state index contributed by atoms with van der Waals surface area (Å²) in [4.78, 5) is 5.55. The molecule has 0 N–H and O–H groups in total. The Morgan fingerprint density at radius 1 is 1.23 bits per heavy atom. The lowest BCUT2D eigenvalue weighted by atomic mass is 9.74. The lowest BCUT2D eigenvalue weighted by Gasteiger charge is -2.36. The van der Waals surface area contributed by atoms with Crippen molar-refractivity contribution in [2.24, 2.45) is 0 Å². The molecule has 1 aromatic rings. The molecule has 0 fully saturated rings. The average molecular weight is 311 g/mol. The highest BCUT2D eigenvalue weighted by Crippen LogP contribution is 2.48. The summed E-state index contributed by atoms with van der Waals surface area (Å²) in [6.45, 7) is 2.64. The topological polar surface area (TPSA) is 12.5 Å². The van der Waals surface area contributed by atoms with Crippen molar-refractivity contribution in [3.63, 3.8) is 0 Å². The normalized spacial score (nSPS) is 21.8. The number of hydroxylamine groups is 2. The molecule has 0 spiro atoms. The molecule has 2 rings (SSSR count). The van der Waals surface area contributed by atoms with E-state index >= 15 is 0 Å². The van der Waals surface area contributed by atoms with Gasteiger partial charge in [0, 0.05) is 20.0 Å². The Balaban J connectivity index is 2.31. The molecule has 0 saturated heterocycles. The maximum atomic E-state index is 13.8. The summed E-state index contributed by atoms with van der Waals surface area (Å²) in [5, 5.41) is 1.57. The molecule has 1 aliphatic rings. The summed E-state index contributed by atoms with van der Waals surface area (Å²) in [5.74, 6) is 0.319. The Kier molecular flexibility index (Phi) is 4.96. The molecule has 0 amide bonds. The summed E-state index contributed by atoms with van der Waals surface area (Å²) >= 11 is 0. The molecular weight excluding hydrogens is 291 g/mol. The first-order valence-electron chi connectivity index (χ1n) is 7.29. The first-order valence-corrected chi connectivity index (χ1v) is 7.29. The van der Waals surface area contributed by atoms with Crippen molar-refractivity contribution in [3.8, 4) is 0 Å². The van der Waals surface area contributed by atoms with Crippen molar-refractivity contribution in [1.29, 1.82) is 0 Å². The van der Waals surface area contributed by atoms with Gasteiger partial charge < -0.3 is 4.84 Å². The quantitative estimate of drug-likeness (QED) is 0.737. The average Bonchev–Trinajstić information content (AvgIpc) is 2.47. The summed E-state index contributed by atoms with van der Waals surface area (Å²) in [7, 11) is 1.72. The molecule has 22 heavy (non-hydrogen) atoms. The number of halogens is 3. The van der Waals surface area contributed by atoms with Gasteiger partial charge in [-0.15, -0.1) is 5.06 Å². The van der Waals surface area contributed by atoms with E-state index in [0.717, 1.165) is 6.42 Å². The number of alkyl halides is 3. The highest BCUT2D eigenvalue weighted by molar-refractivity contribution is 5.39. The van der Waals surface area contributed by atoms with Gasteiger partial charge in [0.15, 0.2) is 0 Å². The van der Waals surface area contributed by atoms with Crippen LogP contribution in [0.5, 0.6) is 0 Å². The smallest absolute Gasteiger partial charge is 0.402 e. The third kappa shape index (κ3) is 3.35. The van der Waals surface area contributed by atoms with E-state index in [2.05, 4.69) is 0 Å². The van der Waals surface area contributed by atoms with Gasteiger partial charge in [-0.3, -0.25) is 0 Å². The predicted molar refractivity (Wildman–Crippen MR) is 80.0 cm³/mol. The Hall–Kier alpha value is -1.75. The maximum absolute atomic E-state index is 13.8. The first-order chi connectivity index (χ1) is 10.4. The Morgan fingerprint density at radius 2 is 1.91 bits per heavy atom. The zero-order valence-electron chi connectivity index (χ0n) is 12.7. The second-order valence-electron chi connectivity index (χ2n) is 5.45. The van der Waals surface area contributed by atoms with Gasteiger partial charge in [-0.2, -0.15) is 13.2 Å². The van der Waals surface area contributed by atoms with E-state index in [1.54, 1.807) is 36.4 Å². The van der Waals surface area contributed by atoms with Crippen molar-refractivity contribution in [2.75, 3.05) is 13.6 Å². The van der Waals surface area contributed by atoms with E-state index in [-0.39, 0.29) is 12.0 Å². The van der Waals surface area contributed by atoms with Gasteiger partial charge >= 0.3 is 6.18 Å². The molecule has 2 nitrogen and oxygen atoms in total. The minimum atomic E-state index is -4.39. The molecule has 0 bridgehead atoms. The number of hydrogen-bond donors (Lipinski definition) is 0. The lowest BCUT2D eigenvalue weighted by molar-refractivity contribution is -0.184. The van der Waals surface area contributed by atoms with Gasteiger partial charge in [0.25, 0.3) is 0 Å². The minimum absolute atomic E-state index is 0.228. The maximum Gasteiger partial charge on any atom is 0.402 e. The Labute approximate surface area is 128 Å². The minimum Gasteiger partial charge on any atom is -0.411 e. The summed E-state index contributed by atoms with van der Waals surface area (Å²) in [6, 6.07) is 7.98. The van der Waals surface area contributed by atoms with Crippen LogP contribution in [-0.4, -0.2) is 24.8 Å². The Morgan fingerprint density at radius 3 is 2.50 bits per heavy atom. The van der Waals surface area contributed by atoms with Crippen molar-refractivity contribution in [3.05, 3.63) is 59.9 Å². The zero-order chi connectivity index (χ0) is 16.2. The highest BCUT2D eigenvalue weighted by Gasteiger charge is 2.55. The number of nitrogens with zero attached hydrogens (tertiary/aromatic N) is 1. The molecule has 1 unspecified atom stereocenters. The summed E-state index contributed by atoms with van der Waals surface area (Å²) < 4.78 is 41.4. The van der Waals surface area contributed by atoms with Crippen molar-refractivity contribution < 1.29 is 18.0 Å². The fourth-order valence-electron chi connectivity index (χ4n) is 2.63. The largest absolute Gasteiger partial charge is 0.411 e. The number of allylic oxidation sites excluding steroid dienone is 4. The van der Waals surface area contributed by atoms with Gasteiger partial charge in [-0.1, -0.05) is 49.4 Å². The van der Waals surface area contributed by atoms with E-state index < -0.39 is 11.6 Å². The molecule has 0 aromatic heterocycles. The number of hydrogen-bond acceptors (Lipinski definition) is 2. The van der Waals surface area contributed by atoms with Crippen LogP contribution >= 0.6 is 0 Å².